The smallest absolute Gasteiger partial charge is 0.338 e. The fourth-order valence-corrected chi connectivity index (χ4v) is 5.50. The quantitative estimate of drug-likeness (QED) is 0.281. The second-order valence-electron chi connectivity index (χ2n) is 10.2. The summed E-state index contributed by atoms with van der Waals surface area (Å²) >= 11 is 0. The number of hydrogen-bond acceptors (Lipinski definition) is 7. The molecule has 3 aromatic carbocycles. The Hall–Kier alpha value is -4.08. The topological polar surface area (TPSA) is 101 Å². The largest absolute Gasteiger partial charge is 0.497 e. The van der Waals surface area contributed by atoms with Gasteiger partial charge >= 0.3 is 12.0 Å². The van der Waals surface area contributed by atoms with Gasteiger partial charge in [-0.05, 0) is 54.3 Å². The lowest BCUT2D eigenvalue weighted by atomic mass is 9.88. The van der Waals surface area contributed by atoms with Gasteiger partial charge in [-0.2, -0.15) is 0 Å². The van der Waals surface area contributed by atoms with Crippen molar-refractivity contribution in [1.29, 1.82) is 0 Å². The van der Waals surface area contributed by atoms with Gasteiger partial charge in [0, 0.05) is 13.1 Å². The molecule has 9 nitrogen and oxygen atoms in total. The lowest BCUT2D eigenvalue weighted by Gasteiger charge is -2.49. The van der Waals surface area contributed by atoms with Crippen LogP contribution in [0.1, 0.15) is 23.6 Å². The summed E-state index contributed by atoms with van der Waals surface area (Å²) in [7, 11) is 3.20. The van der Waals surface area contributed by atoms with E-state index < -0.39 is 36.4 Å². The molecule has 0 radical (unpaired) electrons. The van der Waals surface area contributed by atoms with Crippen LogP contribution in [-0.2, 0) is 33.8 Å². The molecule has 3 aromatic rings. The lowest BCUT2D eigenvalue weighted by Crippen LogP contribution is -2.67. The molecule has 0 aliphatic carbocycles. The molecule has 2 saturated heterocycles. The van der Waals surface area contributed by atoms with E-state index in [0.717, 1.165) is 22.4 Å². The van der Waals surface area contributed by atoms with Crippen molar-refractivity contribution in [3.63, 3.8) is 0 Å². The summed E-state index contributed by atoms with van der Waals surface area (Å²) in [5.41, 5.74) is 2.75. The van der Waals surface area contributed by atoms with E-state index in [1.54, 1.807) is 30.9 Å². The van der Waals surface area contributed by atoms with Crippen LogP contribution in [0.25, 0.3) is 0 Å². The minimum atomic E-state index is -1.01. The zero-order valence-electron chi connectivity index (χ0n) is 23.5. The van der Waals surface area contributed by atoms with Gasteiger partial charge in [0.05, 0.1) is 39.0 Å². The van der Waals surface area contributed by atoms with Gasteiger partial charge in [-0.25, -0.2) is 9.59 Å². The maximum absolute atomic E-state index is 14.4. The summed E-state index contributed by atoms with van der Waals surface area (Å²) in [6.07, 6.45) is -2.07. The third-order valence-electron chi connectivity index (χ3n) is 7.69. The highest BCUT2D eigenvalue weighted by molar-refractivity contribution is 5.80. The molecule has 2 fully saturated rings. The van der Waals surface area contributed by atoms with Gasteiger partial charge in [0.2, 0.25) is 0 Å². The average molecular weight is 561 g/mol. The highest BCUT2D eigenvalue weighted by Crippen LogP contribution is 2.38. The number of esters is 1. The van der Waals surface area contributed by atoms with E-state index in [-0.39, 0.29) is 25.7 Å². The minimum absolute atomic E-state index is 0.219. The first-order valence-corrected chi connectivity index (χ1v) is 13.8. The molecule has 0 aromatic heterocycles. The zero-order chi connectivity index (χ0) is 28.9. The Labute approximate surface area is 240 Å². The molecule has 2 aliphatic rings. The summed E-state index contributed by atoms with van der Waals surface area (Å²) in [5, 5.41) is 12.0. The van der Waals surface area contributed by atoms with Gasteiger partial charge in [0.1, 0.15) is 17.6 Å². The van der Waals surface area contributed by atoms with Crippen molar-refractivity contribution in [2.75, 3.05) is 20.8 Å². The molecule has 0 spiro atoms. The Morgan fingerprint density at radius 3 is 1.93 bits per heavy atom. The second kappa shape index (κ2) is 12.6. The van der Waals surface area contributed by atoms with Gasteiger partial charge in [-0.3, -0.25) is 0 Å². The van der Waals surface area contributed by atoms with Gasteiger partial charge in [0.15, 0.2) is 6.10 Å². The summed E-state index contributed by atoms with van der Waals surface area (Å²) in [5.74, 6) is 0.936. The van der Waals surface area contributed by atoms with Crippen molar-refractivity contribution in [2.45, 2.75) is 56.8 Å². The number of urea groups is 1. The Balaban J connectivity index is 1.50. The molecule has 0 saturated carbocycles. The lowest BCUT2D eigenvalue weighted by molar-refractivity contribution is -0.144. The molecule has 2 aliphatic heterocycles. The summed E-state index contributed by atoms with van der Waals surface area (Å²) in [6, 6.07) is 23.2. The monoisotopic (exact) mass is 560 g/mol. The van der Waals surface area contributed by atoms with E-state index in [1.165, 1.54) is 0 Å². The molecule has 41 heavy (non-hydrogen) atoms. The third-order valence-corrected chi connectivity index (χ3v) is 7.69. The Kier molecular flexibility index (Phi) is 8.75. The van der Waals surface area contributed by atoms with E-state index in [4.69, 9.17) is 18.9 Å². The number of rotatable bonds is 11. The van der Waals surface area contributed by atoms with E-state index in [1.807, 2.05) is 78.9 Å². The van der Waals surface area contributed by atoms with Gasteiger partial charge in [-0.1, -0.05) is 54.6 Å². The van der Waals surface area contributed by atoms with Crippen molar-refractivity contribution in [1.82, 2.24) is 9.80 Å². The first-order valence-electron chi connectivity index (χ1n) is 13.8. The summed E-state index contributed by atoms with van der Waals surface area (Å²) < 4.78 is 21.6. The Morgan fingerprint density at radius 1 is 0.829 bits per heavy atom. The van der Waals surface area contributed by atoms with Crippen molar-refractivity contribution >= 4 is 12.0 Å². The predicted octanol–water partition coefficient (Wildman–Crippen LogP) is 3.81. The molecule has 216 valence electrons. The van der Waals surface area contributed by atoms with E-state index in [9.17, 15) is 14.7 Å². The number of aliphatic hydroxyl groups excluding tert-OH is 1. The highest BCUT2D eigenvalue weighted by atomic mass is 16.6. The van der Waals surface area contributed by atoms with Gasteiger partial charge < -0.3 is 33.9 Å². The number of nitrogens with zero attached hydrogens (tertiary/aromatic N) is 2. The van der Waals surface area contributed by atoms with Crippen molar-refractivity contribution < 1.29 is 33.6 Å². The van der Waals surface area contributed by atoms with Gasteiger partial charge in [0.25, 0.3) is 0 Å². The van der Waals surface area contributed by atoms with Crippen molar-refractivity contribution in [2.24, 2.45) is 0 Å². The van der Waals surface area contributed by atoms with E-state index >= 15 is 0 Å². The average Bonchev–Trinajstić information content (AvgIpc) is 3.79. The number of epoxide rings is 1. The second-order valence-corrected chi connectivity index (χ2v) is 10.2. The predicted molar refractivity (Wildman–Crippen MR) is 151 cm³/mol. The van der Waals surface area contributed by atoms with Crippen LogP contribution in [-0.4, -0.2) is 78.1 Å². The van der Waals surface area contributed by atoms with Crippen molar-refractivity contribution in [3.05, 3.63) is 95.6 Å². The molecule has 5 rings (SSSR count). The Bertz CT molecular complexity index is 1320. The SMILES string of the molecule is CCOC(=O)C1O[C@@H]1C1[C@@H](O)[C@@H](Cc2ccccc2)N(Cc2ccc(OC)cc2)C(=O)N1Cc1ccc(OC)cc1. The zero-order valence-corrected chi connectivity index (χ0v) is 23.5. The molecular formula is C32H36N2O7. The molecule has 9 heteroatoms. The number of carbonyl (C=O) groups excluding carboxylic acids is 2. The number of benzene rings is 3. The fourth-order valence-electron chi connectivity index (χ4n) is 5.50. The number of carbonyl (C=O) groups is 2. The van der Waals surface area contributed by atoms with Crippen LogP contribution in [0, 0.1) is 0 Å². The van der Waals surface area contributed by atoms with Crippen LogP contribution in [0.15, 0.2) is 78.9 Å². The molecule has 2 amide bonds. The number of amides is 2. The van der Waals surface area contributed by atoms with Crippen molar-refractivity contribution in [3.8, 4) is 11.5 Å². The van der Waals surface area contributed by atoms with Crippen LogP contribution in [0.3, 0.4) is 0 Å². The minimum Gasteiger partial charge on any atom is -0.497 e. The molecule has 2 unspecified atom stereocenters. The van der Waals surface area contributed by atoms with Crippen LogP contribution in [0.4, 0.5) is 4.79 Å². The maximum Gasteiger partial charge on any atom is 0.338 e. The van der Waals surface area contributed by atoms with Gasteiger partial charge in [-0.15, -0.1) is 0 Å². The molecule has 5 atom stereocenters. The fraction of sp³-hybridized carbons (Fsp3) is 0.375. The standard InChI is InChI=1S/C32H36N2O7/c1-4-40-31(36)30-29(41-30)27-28(35)26(18-21-8-6-5-7-9-21)33(19-22-10-14-24(38-2)15-11-22)32(37)34(27)20-23-12-16-25(39-3)17-13-23/h5-17,26-30,35H,4,18-20H2,1-3H3/t26-,27?,28+,29-,30?/m1/s1. The Morgan fingerprint density at radius 2 is 1.39 bits per heavy atom. The molecule has 2 heterocycles. The third kappa shape index (κ3) is 6.31. The number of methoxy groups -OCH3 is 2. The highest BCUT2D eigenvalue weighted by Gasteiger charge is 2.60. The number of hydrogen-bond donors (Lipinski definition) is 1. The van der Waals surface area contributed by atoms with E-state index in [2.05, 4.69) is 0 Å². The summed E-state index contributed by atoms with van der Waals surface area (Å²) in [4.78, 5) is 30.3. The molecule has 0 bridgehead atoms. The van der Waals surface area contributed by atoms with Crippen LogP contribution in [0.2, 0.25) is 0 Å². The first-order chi connectivity index (χ1) is 19.9. The molecule has 1 N–H and O–H groups in total. The first kappa shape index (κ1) is 28.4. The normalized spacial score (nSPS) is 23.7. The van der Waals surface area contributed by atoms with E-state index in [0.29, 0.717) is 12.2 Å². The maximum atomic E-state index is 14.4. The number of aliphatic hydroxyl groups is 1. The number of ether oxygens (including phenoxy) is 4. The summed E-state index contributed by atoms with van der Waals surface area (Å²) in [6.45, 7) is 2.46. The molecular weight excluding hydrogens is 524 g/mol. The van der Waals surface area contributed by atoms with Crippen LogP contribution in [0.5, 0.6) is 11.5 Å². The van der Waals surface area contributed by atoms with Crippen LogP contribution >= 0.6 is 0 Å². The van der Waals surface area contributed by atoms with Crippen LogP contribution < -0.4 is 9.47 Å².